The highest BCUT2D eigenvalue weighted by atomic mass is 15.1. The molecule has 0 saturated carbocycles. The number of nitrogens with zero attached hydrogens (tertiary/aromatic N) is 2. The van der Waals surface area contributed by atoms with Gasteiger partial charge in [0.05, 0.1) is 0 Å². The van der Waals surface area contributed by atoms with Crippen LogP contribution < -0.4 is 9.80 Å². The van der Waals surface area contributed by atoms with E-state index in [1.54, 1.807) is 0 Å². The molecule has 0 bridgehead atoms. The maximum Gasteiger partial charge on any atom is 0.0464 e. The number of hydrogen-bond acceptors (Lipinski definition) is 2. The van der Waals surface area contributed by atoms with Gasteiger partial charge in [0.2, 0.25) is 0 Å². The molecule has 0 heterocycles. The first-order valence-electron chi connectivity index (χ1n) is 18.7. The summed E-state index contributed by atoms with van der Waals surface area (Å²) >= 11 is 0. The number of hydrogen-bond donors (Lipinski definition) is 0. The molecule has 0 spiro atoms. The molecule has 0 radical (unpaired) electrons. The van der Waals surface area contributed by atoms with Crippen LogP contribution in [0, 0.1) is 41.5 Å². The van der Waals surface area contributed by atoms with Crippen molar-refractivity contribution < 1.29 is 0 Å². The summed E-state index contributed by atoms with van der Waals surface area (Å²) in [5.74, 6) is 0. The number of aryl methyl sites for hydroxylation is 6. The summed E-state index contributed by atoms with van der Waals surface area (Å²) in [6.07, 6.45) is 8.87. The van der Waals surface area contributed by atoms with Crippen molar-refractivity contribution in [2.75, 3.05) is 9.80 Å². The molecule has 0 aliphatic carbocycles. The largest absolute Gasteiger partial charge is 0.310 e. The Hall–Kier alpha value is -6.38. The molecular weight excluding hydrogens is 653 g/mol. The Kier molecular flexibility index (Phi) is 10.7. The van der Waals surface area contributed by atoms with Crippen LogP contribution in [-0.4, -0.2) is 0 Å². The molecule has 7 aromatic carbocycles. The van der Waals surface area contributed by atoms with Crippen LogP contribution in [0.5, 0.6) is 0 Å². The van der Waals surface area contributed by atoms with E-state index in [1.165, 1.54) is 55.6 Å². The van der Waals surface area contributed by atoms with E-state index >= 15 is 0 Å². The van der Waals surface area contributed by atoms with Crippen molar-refractivity contribution in [1.82, 2.24) is 0 Å². The summed E-state index contributed by atoms with van der Waals surface area (Å²) in [4.78, 5) is 4.69. The number of anilines is 6. The second-order valence-electron chi connectivity index (χ2n) is 14.4. The van der Waals surface area contributed by atoms with Gasteiger partial charge in [-0.3, -0.25) is 0 Å². The Morgan fingerprint density at radius 3 is 0.926 bits per heavy atom. The van der Waals surface area contributed by atoms with E-state index in [4.69, 9.17) is 0 Å². The zero-order valence-electron chi connectivity index (χ0n) is 32.2. The van der Waals surface area contributed by atoms with Crippen molar-refractivity contribution in [1.29, 1.82) is 0 Å². The molecular formula is C52H48N2. The lowest BCUT2D eigenvalue weighted by atomic mass is 10.0. The van der Waals surface area contributed by atoms with Gasteiger partial charge in [0, 0.05) is 34.1 Å². The van der Waals surface area contributed by atoms with Gasteiger partial charge >= 0.3 is 0 Å². The minimum atomic E-state index is 1.15. The molecule has 0 saturated heterocycles. The lowest BCUT2D eigenvalue weighted by Crippen LogP contribution is -2.10. The molecule has 0 aliphatic heterocycles. The summed E-state index contributed by atoms with van der Waals surface area (Å²) in [6, 6.07) is 57.0. The highest BCUT2D eigenvalue weighted by Gasteiger charge is 2.15. The third kappa shape index (κ3) is 8.46. The first kappa shape index (κ1) is 36.0. The van der Waals surface area contributed by atoms with Crippen molar-refractivity contribution in [3.8, 4) is 0 Å². The van der Waals surface area contributed by atoms with Crippen LogP contribution in [0.2, 0.25) is 0 Å². The lowest BCUT2D eigenvalue weighted by Gasteiger charge is -2.26. The molecule has 0 amide bonds. The predicted molar refractivity (Wildman–Crippen MR) is 235 cm³/mol. The Bertz CT molecular complexity index is 2220. The fraction of sp³-hybridized carbons (Fsp3) is 0.115. The summed E-state index contributed by atoms with van der Waals surface area (Å²) in [5.41, 5.74) is 19.1. The van der Waals surface area contributed by atoms with Crippen molar-refractivity contribution >= 4 is 58.4 Å². The van der Waals surface area contributed by atoms with Crippen LogP contribution in [-0.2, 0) is 0 Å². The van der Waals surface area contributed by atoms with Gasteiger partial charge in [0.1, 0.15) is 0 Å². The molecule has 0 aliphatic rings. The summed E-state index contributed by atoms with van der Waals surface area (Å²) < 4.78 is 0. The first-order valence-corrected chi connectivity index (χ1v) is 18.7. The summed E-state index contributed by atoms with van der Waals surface area (Å²) in [5, 5.41) is 0. The van der Waals surface area contributed by atoms with E-state index < -0.39 is 0 Å². The molecule has 266 valence electrons. The van der Waals surface area contributed by atoms with Crippen molar-refractivity contribution in [2.45, 2.75) is 41.5 Å². The molecule has 0 unspecified atom stereocenters. The third-order valence-corrected chi connectivity index (χ3v) is 9.88. The zero-order valence-corrected chi connectivity index (χ0v) is 32.2. The minimum Gasteiger partial charge on any atom is -0.310 e. The van der Waals surface area contributed by atoms with E-state index in [9.17, 15) is 0 Å². The van der Waals surface area contributed by atoms with Crippen LogP contribution >= 0.6 is 0 Å². The maximum atomic E-state index is 2.34. The van der Waals surface area contributed by atoms with Crippen molar-refractivity contribution in [3.05, 3.63) is 213 Å². The maximum absolute atomic E-state index is 2.34. The molecule has 2 nitrogen and oxygen atoms in total. The van der Waals surface area contributed by atoms with E-state index in [2.05, 4.69) is 233 Å². The molecule has 0 fully saturated rings. The monoisotopic (exact) mass is 700 g/mol. The van der Waals surface area contributed by atoms with Gasteiger partial charge in [-0.2, -0.15) is 0 Å². The van der Waals surface area contributed by atoms with Gasteiger partial charge in [-0.05, 0) is 176 Å². The van der Waals surface area contributed by atoms with Gasteiger partial charge < -0.3 is 9.80 Å². The van der Waals surface area contributed by atoms with Crippen molar-refractivity contribution in [2.24, 2.45) is 0 Å². The Balaban J connectivity index is 1.10. The van der Waals surface area contributed by atoms with Gasteiger partial charge in [-0.1, -0.05) is 103 Å². The third-order valence-electron chi connectivity index (χ3n) is 9.88. The molecule has 7 aromatic rings. The number of benzene rings is 7. The fourth-order valence-electron chi connectivity index (χ4n) is 7.07. The quantitative estimate of drug-likeness (QED) is 0.131. The van der Waals surface area contributed by atoms with E-state index in [-0.39, 0.29) is 0 Å². The van der Waals surface area contributed by atoms with Gasteiger partial charge in [0.15, 0.2) is 0 Å². The summed E-state index contributed by atoms with van der Waals surface area (Å²) in [7, 11) is 0. The standard InChI is InChI=1S/C52H48N2/c1-37-12-7-18-47(30-37)53(48-19-8-13-38(2)31-48)51-28-26-45(41(5)34-51)24-22-43-16-11-17-44(36-43)23-25-46-27-29-52(35-42(46)6)54(49-20-9-14-39(3)32-49)50-21-10-15-40(4)33-50/h7-36H,1-6H3. The van der Waals surface area contributed by atoms with Crippen LogP contribution in [0.25, 0.3) is 24.3 Å². The lowest BCUT2D eigenvalue weighted by molar-refractivity contribution is 1.25. The number of rotatable bonds is 10. The van der Waals surface area contributed by atoms with Crippen LogP contribution in [0.1, 0.15) is 55.6 Å². The molecule has 54 heavy (non-hydrogen) atoms. The molecule has 7 rings (SSSR count). The topological polar surface area (TPSA) is 6.48 Å². The first-order chi connectivity index (χ1) is 26.2. The highest BCUT2D eigenvalue weighted by molar-refractivity contribution is 5.82. The van der Waals surface area contributed by atoms with Gasteiger partial charge in [0.25, 0.3) is 0 Å². The Morgan fingerprint density at radius 2 is 0.611 bits per heavy atom. The predicted octanol–water partition coefficient (Wildman–Crippen LogP) is 14.8. The Labute approximate surface area is 322 Å². The molecule has 0 atom stereocenters. The smallest absolute Gasteiger partial charge is 0.0464 e. The van der Waals surface area contributed by atoms with Gasteiger partial charge in [-0.15, -0.1) is 0 Å². The van der Waals surface area contributed by atoms with Crippen LogP contribution in [0.3, 0.4) is 0 Å². The average Bonchev–Trinajstić information content (AvgIpc) is 3.15. The average molecular weight is 701 g/mol. The SMILES string of the molecule is Cc1cccc(N(c2cccc(C)c2)c2ccc(C=Cc3cccc(C=Cc4ccc(N(c5cccc(C)c5)c5cccc(C)c5)cc4C)c3)c(C)c2)c1. The fourth-order valence-corrected chi connectivity index (χ4v) is 7.07. The van der Waals surface area contributed by atoms with E-state index in [0.29, 0.717) is 0 Å². The molecule has 2 heteroatoms. The highest BCUT2D eigenvalue weighted by Crippen LogP contribution is 2.38. The molecule has 0 aromatic heterocycles. The van der Waals surface area contributed by atoms with Gasteiger partial charge in [-0.25, -0.2) is 0 Å². The van der Waals surface area contributed by atoms with Crippen LogP contribution in [0.4, 0.5) is 34.1 Å². The second-order valence-corrected chi connectivity index (χ2v) is 14.4. The van der Waals surface area contributed by atoms with Crippen LogP contribution in [0.15, 0.2) is 158 Å². The van der Waals surface area contributed by atoms with Crippen molar-refractivity contribution in [3.63, 3.8) is 0 Å². The van der Waals surface area contributed by atoms with E-state index in [1.807, 2.05) is 0 Å². The second kappa shape index (κ2) is 16.1. The zero-order chi connectivity index (χ0) is 37.6. The van der Waals surface area contributed by atoms with E-state index in [0.717, 1.165) is 34.1 Å². The summed E-state index contributed by atoms with van der Waals surface area (Å²) in [6.45, 7) is 13.0. The molecule has 0 N–H and O–H groups in total. The minimum absolute atomic E-state index is 1.15. The normalized spacial score (nSPS) is 11.4. The Morgan fingerprint density at radius 1 is 0.296 bits per heavy atom.